The van der Waals surface area contributed by atoms with E-state index in [0.717, 1.165) is 11.3 Å². The monoisotopic (exact) mass is 349 g/mol. The minimum absolute atomic E-state index is 0.385. The van der Waals surface area contributed by atoms with Crippen molar-refractivity contribution in [3.63, 3.8) is 0 Å². The Morgan fingerprint density at radius 2 is 1.65 bits per heavy atom. The highest BCUT2D eigenvalue weighted by atomic mass is 16.5. The van der Waals surface area contributed by atoms with Crippen molar-refractivity contribution in [1.29, 1.82) is 0 Å². The van der Waals surface area contributed by atoms with E-state index in [1.165, 1.54) is 13.3 Å². The van der Waals surface area contributed by atoms with Crippen LogP contribution in [-0.4, -0.2) is 34.8 Å². The van der Waals surface area contributed by atoms with Gasteiger partial charge in [-0.1, -0.05) is 48.5 Å². The number of nitrogens with zero attached hydrogens (tertiary/aromatic N) is 2. The fourth-order valence-electron chi connectivity index (χ4n) is 2.66. The third-order valence-electron chi connectivity index (χ3n) is 3.96. The molecule has 1 atom stereocenters. The Labute approximate surface area is 151 Å². The number of benzene rings is 2. The van der Waals surface area contributed by atoms with Crippen molar-refractivity contribution < 1.29 is 14.3 Å². The van der Waals surface area contributed by atoms with Crippen LogP contribution in [0.5, 0.6) is 0 Å². The third kappa shape index (κ3) is 3.49. The molecule has 1 heterocycles. The number of methoxy groups -OCH3 is 1. The number of para-hydroxylation sites is 1. The number of aromatic nitrogens is 2. The first-order chi connectivity index (χ1) is 12.6. The summed E-state index contributed by atoms with van der Waals surface area (Å²) >= 11 is 0. The number of rotatable bonds is 5. The van der Waals surface area contributed by atoms with Crippen LogP contribution in [0.1, 0.15) is 17.3 Å². The second-order valence-electron chi connectivity index (χ2n) is 5.74. The number of nitrogens with one attached hydrogen (secondary N) is 1. The number of esters is 1. The Morgan fingerprint density at radius 3 is 2.27 bits per heavy atom. The van der Waals surface area contributed by atoms with Gasteiger partial charge in [0.05, 0.1) is 30.3 Å². The molecule has 6 nitrogen and oxygen atoms in total. The standard InChI is InChI=1S/C20H19N3O3/c1-14(20(25)26-2)22-19(24)17-13-21-23(16-11-7-4-8-12-16)18(17)15-9-5-3-6-10-15/h3-14H,1-2H3,(H,22,24)/t14-/m0/s1. The molecule has 26 heavy (non-hydrogen) atoms. The molecule has 0 saturated carbocycles. The molecule has 0 unspecified atom stereocenters. The van der Waals surface area contributed by atoms with Crippen molar-refractivity contribution in [2.75, 3.05) is 7.11 Å². The Balaban J connectivity index is 2.05. The molecule has 2 aromatic carbocycles. The fraction of sp³-hybridized carbons (Fsp3) is 0.150. The molecule has 0 aliphatic heterocycles. The van der Waals surface area contributed by atoms with Crippen LogP contribution in [0.4, 0.5) is 0 Å². The normalized spacial score (nSPS) is 11.6. The second kappa shape index (κ2) is 7.65. The topological polar surface area (TPSA) is 73.2 Å². The lowest BCUT2D eigenvalue weighted by Crippen LogP contribution is -2.39. The van der Waals surface area contributed by atoms with Gasteiger partial charge in [0.25, 0.3) is 5.91 Å². The van der Waals surface area contributed by atoms with Crippen molar-refractivity contribution in [3.05, 3.63) is 72.4 Å². The summed E-state index contributed by atoms with van der Waals surface area (Å²) in [5.74, 6) is -0.890. The number of hydrogen-bond acceptors (Lipinski definition) is 4. The molecule has 6 heteroatoms. The quantitative estimate of drug-likeness (QED) is 0.719. The average Bonchev–Trinajstić information content (AvgIpc) is 3.14. The second-order valence-corrected chi connectivity index (χ2v) is 5.74. The van der Waals surface area contributed by atoms with Gasteiger partial charge in [-0.25, -0.2) is 9.48 Å². The van der Waals surface area contributed by atoms with Crippen molar-refractivity contribution >= 4 is 11.9 Å². The van der Waals surface area contributed by atoms with Crippen LogP contribution in [0.15, 0.2) is 66.9 Å². The molecule has 1 N–H and O–H groups in total. The van der Waals surface area contributed by atoms with Crippen LogP contribution in [0.2, 0.25) is 0 Å². The zero-order chi connectivity index (χ0) is 18.5. The lowest BCUT2D eigenvalue weighted by atomic mass is 10.1. The number of hydrogen-bond donors (Lipinski definition) is 1. The lowest BCUT2D eigenvalue weighted by Gasteiger charge is -2.13. The van der Waals surface area contributed by atoms with Crippen LogP contribution < -0.4 is 5.32 Å². The molecule has 3 rings (SSSR count). The Morgan fingerprint density at radius 1 is 1.04 bits per heavy atom. The molecule has 0 spiro atoms. The van der Waals surface area contributed by atoms with E-state index in [1.807, 2.05) is 60.7 Å². The largest absolute Gasteiger partial charge is 0.467 e. The first-order valence-corrected chi connectivity index (χ1v) is 8.19. The number of carbonyl (C=O) groups excluding carboxylic acids is 2. The van der Waals surface area contributed by atoms with Gasteiger partial charge in [-0.05, 0) is 19.1 Å². The molecular weight excluding hydrogens is 330 g/mol. The van der Waals surface area contributed by atoms with Crippen molar-refractivity contribution in [2.24, 2.45) is 0 Å². The fourth-order valence-corrected chi connectivity index (χ4v) is 2.66. The summed E-state index contributed by atoms with van der Waals surface area (Å²) in [4.78, 5) is 24.3. The van der Waals surface area contributed by atoms with Gasteiger partial charge in [-0.15, -0.1) is 0 Å². The van der Waals surface area contributed by atoms with Gasteiger partial charge >= 0.3 is 5.97 Å². The predicted molar refractivity (Wildman–Crippen MR) is 97.9 cm³/mol. The smallest absolute Gasteiger partial charge is 0.328 e. The van der Waals surface area contributed by atoms with E-state index < -0.39 is 12.0 Å². The van der Waals surface area contributed by atoms with Gasteiger partial charge in [0.1, 0.15) is 6.04 Å². The van der Waals surface area contributed by atoms with Crippen LogP contribution in [0.3, 0.4) is 0 Å². The van der Waals surface area contributed by atoms with Crippen LogP contribution in [0, 0.1) is 0 Å². The van der Waals surface area contributed by atoms with E-state index in [-0.39, 0.29) is 5.91 Å². The Bertz CT molecular complexity index is 905. The summed E-state index contributed by atoms with van der Waals surface area (Å²) in [6.07, 6.45) is 1.51. The maximum absolute atomic E-state index is 12.7. The van der Waals surface area contributed by atoms with Gasteiger partial charge in [-0.2, -0.15) is 5.10 Å². The van der Waals surface area contributed by atoms with Crippen molar-refractivity contribution in [3.8, 4) is 16.9 Å². The molecule has 1 aromatic heterocycles. The lowest BCUT2D eigenvalue weighted by molar-refractivity contribution is -0.142. The Kier molecular flexibility index (Phi) is 5.12. The minimum atomic E-state index is -0.754. The predicted octanol–water partition coefficient (Wildman–Crippen LogP) is 2.83. The van der Waals surface area contributed by atoms with Crippen LogP contribution in [0.25, 0.3) is 16.9 Å². The molecule has 3 aromatic rings. The highest BCUT2D eigenvalue weighted by Crippen LogP contribution is 2.26. The maximum atomic E-state index is 12.7. The summed E-state index contributed by atoms with van der Waals surface area (Å²) in [5, 5.41) is 7.05. The zero-order valence-electron chi connectivity index (χ0n) is 14.5. The van der Waals surface area contributed by atoms with E-state index in [1.54, 1.807) is 11.6 Å². The molecule has 1 amide bonds. The third-order valence-corrected chi connectivity index (χ3v) is 3.96. The molecule has 0 aliphatic carbocycles. The highest BCUT2D eigenvalue weighted by molar-refractivity contribution is 6.01. The van der Waals surface area contributed by atoms with E-state index in [9.17, 15) is 9.59 Å². The molecule has 0 aliphatic rings. The molecule has 0 saturated heterocycles. The highest BCUT2D eigenvalue weighted by Gasteiger charge is 2.23. The molecule has 0 fully saturated rings. The number of carbonyl (C=O) groups is 2. The van der Waals surface area contributed by atoms with E-state index >= 15 is 0 Å². The average molecular weight is 349 g/mol. The summed E-state index contributed by atoms with van der Waals surface area (Å²) < 4.78 is 6.38. The first-order valence-electron chi connectivity index (χ1n) is 8.19. The zero-order valence-corrected chi connectivity index (χ0v) is 14.5. The summed E-state index contributed by atoms with van der Waals surface area (Å²) in [6.45, 7) is 1.58. The van der Waals surface area contributed by atoms with Crippen LogP contribution in [-0.2, 0) is 9.53 Å². The van der Waals surface area contributed by atoms with Gasteiger partial charge in [-0.3, -0.25) is 4.79 Å². The molecule has 0 bridgehead atoms. The van der Waals surface area contributed by atoms with Crippen molar-refractivity contribution in [2.45, 2.75) is 13.0 Å². The van der Waals surface area contributed by atoms with Crippen molar-refractivity contribution in [1.82, 2.24) is 15.1 Å². The summed E-state index contributed by atoms with van der Waals surface area (Å²) in [7, 11) is 1.29. The van der Waals surface area contributed by atoms with Gasteiger partial charge < -0.3 is 10.1 Å². The minimum Gasteiger partial charge on any atom is -0.467 e. The van der Waals surface area contributed by atoms with E-state index in [0.29, 0.717) is 11.3 Å². The van der Waals surface area contributed by atoms with Gasteiger partial charge in [0, 0.05) is 5.56 Å². The summed E-state index contributed by atoms with van der Waals surface area (Å²) in [5.41, 5.74) is 2.73. The Hall–Kier alpha value is -3.41. The van der Waals surface area contributed by atoms with Crippen LogP contribution >= 0.6 is 0 Å². The molecule has 0 radical (unpaired) electrons. The number of ether oxygens (including phenoxy) is 1. The SMILES string of the molecule is COC(=O)[C@H](C)NC(=O)c1cnn(-c2ccccc2)c1-c1ccccc1. The maximum Gasteiger partial charge on any atom is 0.328 e. The summed E-state index contributed by atoms with van der Waals surface area (Å²) in [6, 6.07) is 18.3. The van der Waals surface area contributed by atoms with E-state index in [4.69, 9.17) is 0 Å². The first kappa shape index (κ1) is 17.4. The molecule has 132 valence electrons. The number of amides is 1. The van der Waals surface area contributed by atoms with E-state index in [2.05, 4.69) is 15.2 Å². The van der Waals surface area contributed by atoms with Gasteiger partial charge in [0.15, 0.2) is 0 Å². The van der Waals surface area contributed by atoms with Gasteiger partial charge in [0.2, 0.25) is 0 Å². The molecular formula is C20H19N3O3.